The van der Waals surface area contributed by atoms with Crippen LogP contribution in [0.25, 0.3) is 0 Å². The Balaban J connectivity index is 2.34. The summed E-state index contributed by atoms with van der Waals surface area (Å²) in [5.41, 5.74) is 1.64. The van der Waals surface area contributed by atoms with Gasteiger partial charge in [-0.2, -0.15) is 0 Å². The Hall–Kier alpha value is -1.36. The molecule has 1 atom stereocenters. The van der Waals surface area contributed by atoms with E-state index < -0.39 is 22.0 Å². The summed E-state index contributed by atoms with van der Waals surface area (Å²) >= 11 is 11.8. The molecule has 0 saturated carbocycles. The Morgan fingerprint density at radius 1 is 1.00 bits per heavy atom. The van der Waals surface area contributed by atoms with Gasteiger partial charge in [-0.3, -0.25) is 9.00 Å². The Morgan fingerprint density at radius 2 is 1.43 bits per heavy atom. The molecule has 0 aliphatic rings. The molecule has 0 N–H and O–H groups in total. The Morgan fingerprint density at radius 3 is 1.83 bits per heavy atom. The minimum atomic E-state index is -1.47. The third-order valence-electron chi connectivity index (χ3n) is 3.17. The van der Waals surface area contributed by atoms with Crippen molar-refractivity contribution in [3.63, 3.8) is 0 Å². The lowest BCUT2D eigenvalue weighted by molar-refractivity contribution is -0.139. The van der Waals surface area contributed by atoms with Crippen molar-refractivity contribution in [1.82, 2.24) is 0 Å². The average Bonchev–Trinajstić information content (AvgIpc) is 2.51. The van der Waals surface area contributed by atoms with Crippen LogP contribution in [0.3, 0.4) is 0 Å². The average molecular weight is 371 g/mol. The van der Waals surface area contributed by atoms with Crippen molar-refractivity contribution in [2.24, 2.45) is 0 Å². The fourth-order valence-electron chi connectivity index (χ4n) is 2.17. The van der Waals surface area contributed by atoms with E-state index in [4.69, 9.17) is 27.9 Å². The first-order valence-electron chi connectivity index (χ1n) is 7.05. The first-order chi connectivity index (χ1) is 11.0. The number of ether oxygens (including phenoxy) is 1. The van der Waals surface area contributed by atoms with E-state index in [-0.39, 0.29) is 12.4 Å². The predicted molar refractivity (Wildman–Crippen MR) is 94.4 cm³/mol. The second kappa shape index (κ2) is 8.48. The van der Waals surface area contributed by atoms with Crippen molar-refractivity contribution in [2.45, 2.75) is 12.2 Å². The summed E-state index contributed by atoms with van der Waals surface area (Å²) < 4.78 is 17.6. The van der Waals surface area contributed by atoms with Gasteiger partial charge in [-0.1, -0.05) is 47.5 Å². The molecule has 122 valence electrons. The molecule has 1 unspecified atom stereocenters. The summed E-state index contributed by atoms with van der Waals surface area (Å²) in [6, 6.07) is 14.2. The van der Waals surface area contributed by atoms with Crippen LogP contribution in [0, 0.1) is 0 Å². The molecule has 2 aromatic carbocycles. The maximum Gasteiger partial charge on any atom is 0.318 e. The van der Waals surface area contributed by atoms with Crippen LogP contribution in [0.15, 0.2) is 48.5 Å². The largest absolute Gasteiger partial charge is 0.465 e. The van der Waals surface area contributed by atoms with Gasteiger partial charge in [-0.05, 0) is 42.3 Å². The van der Waals surface area contributed by atoms with Crippen LogP contribution in [-0.4, -0.2) is 22.5 Å². The number of hydrogen-bond donors (Lipinski definition) is 0. The van der Waals surface area contributed by atoms with Crippen LogP contribution in [-0.2, 0) is 20.3 Å². The summed E-state index contributed by atoms with van der Waals surface area (Å²) in [6.45, 7) is 1.99. The van der Waals surface area contributed by atoms with Crippen LogP contribution in [0.5, 0.6) is 0 Å². The second-order valence-electron chi connectivity index (χ2n) is 4.81. The Bertz CT molecular complexity index is 638. The fourth-order valence-corrected chi connectivity index (χ4v) is 3.83. The predicted octanol–water partition coefficient (Wildman–Crippen LogP) is 4.39. The highest BCUT2D eigenvalue weighted by molar-refractivity contribution is 7.86. The maximum atomic E-state index is 12.7. The lowest BCUT2D eigenvalue weighted by Gasteiger charge is -2.17. The normalized spacial score (nSPS) is 12.2. The first kappa shape index (κ1) is 18.0. The highest BCUT2D eigenvalue weighted by atomic mass is 35.5. The molecule has 0 bridgehead atoms. The van der Waals surface area contributed by atoms with Crippen LogP contribution in [0.4, 0.5) is 0 Å². The summed E-state index contributed by atoms with van der Waals surface area (Å²) in [7, 11) is -1.47. The van der Waals surface area contributed by atoms with Gasteiger partial charge in [-0.25, -0.2) is 0 Å². The monoisotopic (exact) mass is 370 g/mol. The molecule has 0 aromatic heterocycles. The summed E-state index contributed by atoms with van der Waals surface area (Å²) in [5, 5.41) is 0.744. The van der Waals surface area contributed by atoms with Gasteiger partial charge in [0.25, 0.3) is 0 Å². The zero-order chi connectivity index (χ0) is 16.8. The van der Waals surface area contributed by atoms with Gasteiger partial charge in [-0.15, -0.1) is 0 Å². The molecule has 0 radical (unpaired) electrons. The van der Waals surface area contributed by atoms with Gasteiger partial charge in [0.1, 0.15) is 5.75 Å². The smallest absolute Gasteiger partial charge is 0.318 e. The highest BCUT2D eigenvalue weighted by Crippen LogP contribution is 2.30. The van der Waals surface area contributed by atoms with Crippen molar-refractivity contribution in [2.75, 3.05) is 12.4 Å². The standard InChI is InChI=1S/C17H16Cl2O3S/c1-2-22-16(20)11-23(21)17(12-3-7-14(18)8-4-12)13-5-9-15(19)10-6-13/h3-10,17H,2,11H2,1H3. The SMILES string of the molecule is CCOC(=O)CS(=O)C(c1ccc(Cl)cc1)c1ccc(Cl)cc1. The molecular formula is C17H16Cl2O3S. The Labute approximate surface area is 148 Å². The number of hydrogen-bond acceptors (Lipinski definition) is 3. The van der Waals surface area contributed by atoms with E-state index in [9.17, 15) is 9.00 Å². The third kappa shape index (κ3) is 5.06. The minimum Gasteiger partial charge on any atom is -0.465 e. The molecule has 2 aromatic rings. The maximum absolute atomic E-state index is 12.7. The van der Waals surface area contributed by atoms with Crippen LogP contribution < -0.4 is 0 Å². The summed E-state index contributed by atoms with van der Waals surface area (Å²) in [6.07, 6.45) is 0. The van der Waals surface area contributed by atoms with Gasteiger partial charge in [0.15, 0.2) is 0 Å². The van der Waals surface area contributed by atoms with E-state index in [0.29, 0.717) is 10.0 Å². The lowest BCUT2D eigenvalue weighted by atomic mass is 10.0. The fraction of sp³-hybridized carbons (Fsp3) is 0.235. The lowest BCUT2D eigenvalue weighted by Crippen LogP contribution is -2.19. The summed E-state index contributed by atoms with van der Waals surface area (Å²) in [5.74, 6) is -0.636. The minimum absolute atomic E-state index is 0.163. The molecule has 6 heteroatoms. The first-order valence-corrected chi connectivity index (χ1v) is 9.18. The summed E-state index contributed by atoms with van der Waals surface area (Å²) in [4.78, 5) is 11.7. The third-order valence-corrected chi connectivity index (χ3v) is 5.27. The molecule has 0 saturated heterocycles. The van der Waals surface area contributed by atoms with Gasteiger partial charge >= 0.3 is 5.97 Å². The Kier molecular flexibility index (Phi) is 6.63. The van der Waals surface area contributed by atoms with E-state index in [0.717, 1.165) is 11.1 Å². The molecular weight excluding hydrogens is 355 g/mol. The van der Waals surface area contributed by atoms with Gasteiger partial charge in [0, 0.05) is 20.8 Å². The number of carbonyl (C=O) groups is 1. The molecule has 0 amide bonds. The van der Waals surface area contributed by atoms with Crippen molar-refractivity contribution >= 4 is 40.0 Å². The van der Waals surface area contributed by atoms with E-state index in [1.807, 2.05) is 24.3 Å². The number of rotatable bonds is 6. The molecule has 0 aliphatic carbocycles. The van der Waals surface area contributed by atoms with Crippen molar-refractivity contribution in [3.8, 4) is 0 Å². The molecule has 0 fully saturated rings. The topological polar surface area (TPSA) is 43.4 Å². The van der Waals surface area contributed by atoms with Crippen LogP contribution in [0.1, 0.15) is 23.3 Å². The molecule has 0 aliphatic heterocycles. The van der Waals surface area contributed by atoms with E-state index in [2.05, 4.69) is 0 Å². The van der Waals surface area contributed by atoms with E-state index in [1.54, 1.807) is 31.2 Å². The molecule has 23 heavy (non-hydrogen) atoms. The highest BCUT2D eigenvalue weighted by Gasteiger charge is 2.24. The quantitative estimate of drug-likeness (QED) is 0.707. The zero-order valence-electron chi connectivity index (χ0n) is 12.5. The zero-order valence-corrected chi connectivity index (χ0v) is 14.8. The molecule has 2 rings (SSSR count). The van der Waals surface area contributed by atoms with Crippen molar-refractivity contribution in [3.05, 3.63) is 69.7 Å². The molecule has 0 heterocycles. The van der Waals surface area contributed by atoms with Crippen molar-refractivity contribution < 1.29 is 13.7 Å². The van der Waals surface area contributed by atoms with E-state index >= 15 is 0 Å². The van der Waals surface area contributed by atoms with Crippen LogP contribution >= 0.6 is 23.2 Å². The van der Waals surface area contributed by atoms with E-state index in [1.165, 1.54) is 0 Å². The van der Waals surface area contributed by atoms with Gasteiger partial charge < -0.3 is 4.74 Å². The number of esters is 1. The van der Waals surface area contributed by atoms with Crippen molar-refractivity contribution in [1.29, 1.82) is 0 Å². The molecule has 0 spiro atoms. The number of halogens is 2. The molecule has 3 nitrogen and oxygen atoms in total. The number of benzene rings is 2. The van der Waals surface area contributed by atoms with Gasteiger partial charge in [0.2, 0.25) is 0 Å². The number of carbonyl (C=O) groups excluding carboxylic acids is 1. The second-order valence-corrected chi connectivity index (χ2v) is 7.21. The van der Waals surface area contributed by atoms with Crippen LogP contribution in [0.2, 0.25) is 10.0 Å². The van der Waals surface area contributed by atoms with Gasteiger partial charge in [0.05, 0.1) is 11.9 Å².